The van der Waals surface area contributed by atoms with Gasteiger partial charge in [0.15, 0.2) is 0 Å². The Balaban J connectivity index is 2.82. The van der Waals surface area contributed by atoms with Crippen LogP contribution in [0.4, 0.5) is 5.82 Å². The van der Waals surface area contributed by atoms with Crippen molar-refractivity contribution in [2.75, 3.05) is 11.6 Å². The molecule has 1 rings (SSSR count). The van der Waals surface area contributed by atoms with Gasteiger partial charge < -0.3 is 15.9 Å². The minimum absolute atomic E-state index is 0.0244. The maximum Gasteiger partial charge on any atom is 0.123 e. The minimum Gasteiger partial charge on any atom is -0.389 e. The molecule has 0 bridgehead atoms. The Hall–Kier alpha value is -0.840. The molecule has 1 aromatic rings. The molecule has 1 heterocycles. The van der Waals surface area contributed by atoms with E-state index in [4.69, 9.17) is 17.3 Å². The van der Waals surface area contributed by atoms with Crippen molar-refractivity contribution in [3.8, 4) is 0 Å². The number of aromatic nitrogens is 1. The van der Waals surface area contributed by atoms with Crippen LogP contribution in [0.2, 0.25) is 0 Å². The average molecular weight is 203 g/mol. The van der Waals surface area contributed by atoms with E-state index in [1.807, 2.05) is 0 Å². The van der Waals surface area contributed by atoms with Crippen molar-refractivity contribution in [1.82, 2.24) is 4.98 Å². The lowest BCUT2D eigenvalue weighted by Gasteiger charge is -2.15. The first kappa shape index (κ1) is 10.2. The molecule has 0 saturated heterocycles. The number of hydrogen-bond acceptors (Lipinski definition) is 4. The third kappa shape index (κ3) is 2.55. The number of aliphatic hydroxyl groups is 2. The fraction of sp³-hybridized carbons (Fsp3) is 0.375. The molecule has 4 N–H and O–H groups in total. The number of hydrogen-bond donors (Lipinski definition) is 3. The lowest BCUT2D eigenvalue weighted by molar-refractivity contribution is 0.0327. The van der Waals surface area contributed by atoms with Crippen LogP contribution in [0.15, 0.2) is 18.3 Å². The Morgan fingerprint density at radius 3 is 2.77 bits per heavy atom. The van der Waals surface area contributed by atoms with E-state index in [9.17, 15) is 10.2 Å². The van der Waals surface area contributed by atoms with Crippen LogP contribution in [0.1, 0.15) is 11.7 Å². The first-order chi connectivity index (χ1) is 6.15. The molecule has 1 aromatic heterocycles. The van der Waals surface area contributed by atoms with Crippen molar-refractivity contribution in [3.05, 3.63) is 23.9 Å². The zero-order valence-corrected chi connectivity index (χ0v) is 7.65. The molecular formula is C8H11ClN2O2. The van der Waals surface area contributed by atoms with Gasteiger partial charge in [-0.05, 0) is 17.7 Å². The van der Waals surface area contributed by atoms with Crippen molar-refractivity contribution in [1.29, 1.82) is 0 Å². The van der Waals surface area contributed by atoms with Crippen molar-refractivity contribution < 1.29 is 10.2 Å². The highest BCUT2D eigenvalue weighted by Crippen LogP contribution is 2.18. The Morgan fingerprint density at radius 1 is 1.54 bits per heavy atom. The predicted molar refractivity (Wildman–Crippen MR) is 50.3 cm³/mol. The van der Waals surface area contributed by atoms with E-state index in [-0.39, 0.29) is 5.88 Å². The molecule has 0 aliphatic rings. The third-order valence-electron chi connectivity index (χ3n) is 1.67. The number of nitrogens with two attached hydrogens (primary N) is 1. The van der Waals surface area contributed by atoms with Gasteiger partial charge >= 0.3 is 0 Å². The number of anilines is 1. The molecule has 0 aliphatic carbocycles. The summed E-state index contributed by atoms with van der Waals surface area (Å²) in [4.78, 5) is 3.76. The summed E-state index contributed by atoms with van der Waals surface area (Å²) in [7, 11) is 0. The summed E-state index contributed by atoms with van der Waals surface area (Å²) < 4.78 is 0. The van der Waals surface area contributed by atoms with Crippen LogP contribution in [-0.2, 0) is 0 Å². The summed E-state index contributed by atoms with van der Waals surface area (Å²) >= 11 is 5.38. The van der Waals surface area contributed by atoms with Crippen LogP contribution in [0.25, 0.3) is 0 Å². The molecule has 0 fully saturated rings. The Labute approximate surface area is 81.0 Å². The molecule has 72 valence electrons. The average Bonchev–Trinajstić information content (AvgIpc) is 2.15. The molecule has 0 aromatic carbocycles. The number of alkyl halides is 1. The Bertz CT molecular complexity index is 283. The zero-order valence-electron chi connectivity index (χ0n) is 6.89. The van der Waals surface area contributed by atoms with E-state index in [1.165, 1.54) is 12.3 Å². The zero-order chi connectivity index (χ0) is 9.84. The minimum atomic E-state index is -1.01. The summed E-state index contributed by atoms with van der Waals surface area (Å²) in [5.74, 6) is 0.280. The largest absolute Gasteiger partial charge is 0.389 e. The molecule has 13 heavy (non-hydrogen) atoms. The van der Waals surface area contributed by atoms with Gasteiger partial charge in [-0.15, -0.1) is 11.6 Å². The van der Waals surface area contributed by atoms with Gasteiger partial charge in [-0.3, -0.25) is 0 Å². The Morgan fingerprint density at radius 2 is 2.23 bits per heavy atom. The second kappa shape index (κ2) is 4.41. The number of rotatable bonds is 3. The van der Waals surface area contributed by atoms with Crippen molar-refractivity contribution in [2.45, 2.75) is 12.2 Å². The quantitative estimate of drug-likeness (QED) is 0.616. The van der Waals surface area contributed by atoms with Crippen molar-refractivity contribution in [3.63, 3.8) is 0 Å². The monoisotopic (exact) mass is 202 g/mol. The number of nitrogen functional groups attached to an aromatic ring is 1. The van der Waals surface area contributed by atoms with E-state index in [2.05, 4.69) is 4.98 Å². The first-order valence-corrected chi connectivity index (χ1v) is 4.32. The van der Waals surface area contributed by atoms with Gasteiger partial charge in [0.05, 0.1) is 12.0 Å². The van der Waals surface area contributed by atoms with Gasteiger partial charge in [0, 0.05) is 6.20 Å². The van der Waals surface area contributed by atoms with Crippen LogP contribution in [0.5, 0.6) is 0 Å². The maximum absolute atomic E-state index is 9.50. The molecule has 0 spiro atoms. The standard InChI is InChI=1S/C8H11ClN2O2/c9-4-6(12)8(13)5-1-2-11-7(10)3-5/h1-3,6,8,12-13H,4H2,(H2,10,11). The van der Waals surface area contributed by atoms with Crippen LogP contribution in [0, 0.1) is 0 Å². The molecule has 0 radical (unpaired) electrons. The smallest absolute Gasteiger partial charge is 0.123 e. The van der Waals surface area contributed by atoms with Crippen LogP contribution in [0.3, 0.4) is 0 Å². The summed E-state index contributed by atoms with van der Waals surface area (Å²) in [6, 6.07) is 3.08. The van der Waals surface area contributed by atoms with Gasteiger partial charge in [0.2, 0.25) is 0 Å². The van der Waals surface area contributed by atoms with E-state index in [0.717, 1.165) is 0 Å². The number of halogens is 1. The summed E-state index contributed by atoms with van der Waals surface area (Å²) in [5.41, 5.74) is 5.92. The third-order valence-corrected chi connectivity index (χ3v) is 1.99. The molecular weight excluding hydrogens is 192 g/mol. The highest BCUT2D eigenvalue weighted by atomic mass is 35.5. The number of pyridine rings is 1. The second-order valence-corrected chi connectivity index (χ2v) is 2.99. The van der Waals surface area contributed by atoms with E-state index < -0.39 is 12.2 Å². The van der Waals surface area contributed by atoms with E-state index in [1.54, 1.807) is 6.07 Å². The first-order valence-electron chi connectivity index (χ1n) is 3.78. The van der Waals surface area contributed by atoms with Gasteiger partial charge in [0.1, 0.15) is 11.9 Å². The SMILES string of the molecule is Nc1cc(C(O)C(O)CCl)ccn1. The van der Waals surface area contributed by atoms with Gasteiger partial charge in [-0.1, -0.05) is 0 Å². The van der Waals surface area contributed by atoms with Crippen molar-refractivity contribution >= 4 is 17.4 Å². The molecule has 5 heteroatoms. The van der Waals surface area contributed by atoms with Crippen LogP contribution < -0.4 is 5.73 Å². The summed E-state index contributed by atoms with van der Waals surface area (Å²) in [6.45, 7) is 0. The topological polar surface area (TPSA) is 79.4 Å². The van der Waals surface area contributed by atoms with Gasteiger partial charge in [0.25, 0.3) is 0 Å². The maximum atomic E-state index is 9.50. The van der Waals surface area contributed by atoms with Crippen LogP contribution in [-0.4, -0.2) is 27.2 Å². The molecule has 2 unspecified atom stereocenters. The number of aliphatic hydroxyl groups excluding tert-OH is 2. The molecule has 0 saturated carbocycles. The highest BCUT2D eigenvalue weighted by Gasteiger charge is 2.17. The van der Waals surface area contributed by atoms with Gasteiger partial charge in [-0.2, -0.15) is 0 Å². The molecule has 2 atom stereocenters. The molecule has 0 aliphatic heterocycles. The predicted octanol–water partition coefficient (Wildman–Crippen LogP) is 0.297. The lowest BCUT2D eigenvalue weighted by atomic mass is 10.1. The van der Waals surface area contributed by atoms with Crippen molar-refractivity contribution in [2.24, 2.45) is 0 Å². The fourth-order valence-corrected chi connectivity index (χ4v) is 1.12. The van der Waals surface area contributed by atoms with E-state index in [0.29, 0.717) is 11.4 Å². The normalized spacial score (nSPS) is 15.3. The van der Waals surface area contributed by atoms with Crippen LogP contribution >= 0.6 is 11.6 Å². The second-order valence-electron chi connectivity index (χ2n) is 2.68. The fourth-order valence-electron chi connectivity index (χ4n) is 0.956. The molecule has 4 nitrogen and oxygen atoms in total. The molecule has 0 amide bonds. The van der Waals surface area contributed by atoms with E-state index >= 15 is 0 Å². The highest BCUT2D eigenvalue weighted by molar-refractivity contribution is 6.18. The lowest BCUT2D eigenvalue weighted by Crippen LogP contribution is -2.19. The number of nitrogens with zero attached hydrogens (tertiary/aromatic N) is 1. The van der Waals surface area contributed by atoms with Gasteiger partial charge in [-0.25, -0.2) is 4.98 Å². The summed E-state index contributed by atoms with van der Waals surface area (Å²) in [6.07, 6.45) is -0.527. The summed E-state index contributed by atoms with van der Waals surface area (Å²) in [5, 5.41) is 18.7. The Kier molecular flexibility index (Phi) is 3.48.